The van der Waals surface area contributed by atoms with Gasteiger partial charge in [0.05, 0.1) is 32.3 Å². The Morgan fingerprint density at radius 1 is 0.587 bits per heavy atom. The molecule has 2 aromatic heterocycles. The van der Waals surface area contributed by atoms with Crippen molar-refractivity contribution in [2.75, 3.05) is 43.7 Å². The summed E-state index contributed by atoms with van der Waals surface area (Å²) in [4.78, 5) is 35.4. The van der Waals surface area contributed by atoms with Crippen molar-refractivity contribution in [2.24, 2.45) is 0 Å². The summed E-state index contributed by atoms with van der Waals surface area (Å²) in [5.41, 5.74) is 3.00. The maximum atomic E-state index is 13.9. The van der Waals surface area contributed by atoms with E-state index >= 15 is 0 Å². The Hall–Kier alpha value is -5.99. The van der Waals surface area contributed by atoms with Crippen molar-refractivity contribution in [3.63, 3.8) is 0 Å². The molecule has 0 saturated carbocycles. The van der Waals surface area contributed by atoms with E-state index in [0.717, 1.165) is 111 Å². The normalized spacial score (nSPS) is 13.8. The van der Waals surface area contributed by atoms with Crippen LogP contribution in [0.4, 0.5) is 32.0 Å². The zero-order valence-corrected chi connectivity index (χ0v) is 44.2. The summed E-state index contributed by atoms with van der Waals surface area (Å²) in [7, 11) is -2.73. The van der Waals surface area contributed by atoms with E-state index in [9.17, 15) is 52.8 Å². The van der Waals surface area contributed by atoms with Crippen LogP contribution in [-0.4, -0.2) is 82.7 Å². The van der Waals surface area contributed by atoms with Gasteiger partial charge in [-0.15, -0.1) is 0 Å². The number of carbonyl (C=O) groups is 2. The molecule has 0 radical (unpaired) electrons. The Kier molecular flexibility index (Phi) is 23.0. The fourth-order valence-electron chi connectivity index (χ4n) is 8.11. The molecule has 1 saturated heterocycles. The average Bonchev–Trinajstić information content (AvgIpc) is 3.98. The summed E-state index contributed by atoms with van der Waals surface area (Å²) < 4.78 is 134. The first kappa shape index (κ1) is 59.9. The van der Waals surface area contributed by atoms with Crippen LogP contribution in [0, 0.1) is 34.9 Å². The van der Waals surface area contributed by atoms with Crippen LogP contribution in [0.3, 0.4) is 0 Å². The fraction of sp³-hybridized carbons (Fsp3) is 0.345. The summed E-state index contributed by atoms with van der Waals surface area (Å²) in [6.45, 7) is 12.3. The molecule has 2 aliphatic heterocycles. The number of halogens is 7. The van der Waals surface area contributed by atoms with Crippen molar-refractivity contribution in [1.82, 2.24) is 14.9 Å². The minimum absolute atomic E-state index is 0.0296. The number of Topliss-reactive ketones (excluding diaryl/α,β-unsaturated/α-hetero) is 2. The number of carbonyl (C=O) groups excluding carboxylic acids is 2. The number of hydrogen-bond donors (Lipinski definition) is 0. The second-order valence-corrected chi connectivity index (χ2v) is 21.8. The summed E-state index contributed by atoms with van der Waals surface area (Å²) in [6, 6.07) is 18.8. The standard InChI is InChI=1S/C22H17F3N2O3S.C17H15F2NO.C6H4ClFO2S.C6H15N.C4H8O/c23-15-6-8-16(9-7-15)31(29,30)27-10-2-5-19-20(27)11-14(13-26-19)12-21(28)22-17(24)3-1-4-18(22)25;18-13-5-3-6-14(19)17(13)16(21)9-11-8-12-4-1-2-7-15(12)20-10-11;7-11(9,10)6-3-1-5(8)2-4-6;1-4-7(5-2)6-3;1-2-4-5-3-1/h1,3-4,6-9,11,13H,2,5,10,12H2;3,5-6,8,10H,1-2,4,7,9H2;1-4H;4-6H2,1-3H3;1-4H2. The largest absolute Gasteiger partial charge is 0.381 e. The molecule has 0 bridgehead atoms. The number of ether oxygens (including phenoxy) is 1. The quantitative estimate of drug-likeness (QED) is 0.0660. The second-order valence-electron chi connectivity index (χ2n) is 17.3. The highest BCUT2D eigenvalue weighted by Crippen LogP contribution is 2.32. The van der Waals surface area contributed by atoms with Crippen LogP contribution in [-0.2, 0) is 55.9 Å². The van der Waals surface area contributed by atoms with E-state index < -0.39 is 76.7 Å². The van der Waals surface area contributed by atoms with Crippen LogP contribution in [0.15, 0.2) is 119 Å². The zero-order valence-electron chi connectivity index (χ0n) is 41.8. The molecule has 4 heterocycles. The van der Waals surface area contributed by atoms with Gasteiger partial charge in [0, 0.05) is 61.4 Å². The number of hydrogen-bond acceptors (Lipinski definition) is 10. The molecule has 20 heteroatoms. The summed E-state index contributed by atoms with van der Waals surface area (Å²) in [5, 5.41) is 0. The van der Waals surface area contributed by atoms with Crippen molar-refractivity contribution >= 4 is 47.0 Å². The summed E-state index contributed by atoms with van der Waals surface area (Å²) in [6.07, 6.45) is 10.5. The molecule has 0 amide bonds. The number of rotatable bonds is 12. The van der Waals surface area contributed by atoms with Crippen molar-refractivity contribution in [1.29, 1.82) is 0 Å². The van der Waals surface area contributed by atoms with Gasteiger partial charge in [0.2, 0.25) is 0 Å². The second kappa shape index (κ2) is 28.8. The minimum atomic E-state index is -3.98. The van der Waals surface area contributed by atoms with Crippen LogP contribution in [0.25, 0.3) is 0 Å². The van der Waals surface area contributed by atoms with Gasteiger partial charge in [0.15, 0.2) is 11.6 Å². The van der Waals surface area contributed by atoms with E-state index in [4.69, 9.17) is 15.4 Å². The van der Waals surface area contributed by atoms with Crippen molar-refractivity contribution in [2.45, 2.75) is 94.8 Å². The lowest BCUT2D eigenvalue weighted by molar-refractivity contribution is 0.0976. The molecule has 6 aromatic rings. The van der Waals surface area contributed by atoms with Gasteiger partial charge in [-0.1, -0.05) is 39.0 Å². The SMILES string of the molecule is C1CCOC1.CCN(CC)CC.O=C(Cc1cnc2c(c1)CCCC2)c1c(F)cccc1F.O=C(Cc1cnc2c(c1)N(S(=O)(=O)c1ccc(F)cc1)CCC2)c1c(F)cccc1F.O=S(=O)(Cl)c1ccc(F)cc1. The van der Waals surface area contributed by atoms with Crippen LogP contribution in [0.1, 0.15) is 102 Å². The van der Waals surface area contributed by atoms with Gasteiger partial charge >= 0.3 is 0 Å². The highest BCUT2D eigenvalue weighted by molar-refractivity contribution is 8.13. The molecule has 4 aromatic carbocycles. The van der Waals surface area contributed by atoms with Crippen LogP contribution in [0.5, 0.6) is 0 Å². The molecular formula is C55H59ClF6N4O7S2. The van der Waals surface area contributed by atoms with E-state index in [2.05, 4.69) is 35.6 Å². The highest BCUT2D eigenvalue weighted by Gasteiger charge is 2.31. The number of aromatic nitrogens is 2. The number of benzene rings is 4. The zero-order chi connectivity index (χ0) is 54.7. The number of fused-ring (bicyclic) bond motifs is 2. The van der Waals surface area contributed by atoms with Crippen molar-refractivity contribution in [3.8, 4) is 0 Å². The van der Waals surface area contributed by atoms with Gasteiger partial charge in [-0.2, -0.15) is 0 Å². The lowest BCUT2D eigenvalue weighted by Gasteiger charge is -2.30. The van der Waals surface area contributed by atoms with Gasteiger partial charge < -0.3 is 9.64 Å². The number of sulfonamides is 1. The molecule has 402 valence electrons. The third-order valence-electron chi connectivity index (χ3n) is 12.2. The predicted molar refractivity (Wildman–Crippen MR) is 276 cm³/mol. The first-order chi connectivity index (χ1) is 35.8. The summed E-state index contributed by atoms with van der Waals surface area (Å²) in [5.74, 6) is -5.93. The third-order valence-corrected chi connectivity index (χ3v) is 15.3. The monoisotopic (exact) mass is 1100 g/mol. The predicted octanol–water partition coefficient (Wildman–Crippen LogP) is 11.6. The van der Waals surface area contributed by atoms with Gasteiger partial charge in [-0.3, -0.25) is 23.9 Å². The molecule has 1 aliphatic carbocycles. The Bertz CT molecular complexity index is 3040. The first-order valence-corrected chi connectivity index (χ1v) is 28.2. The Balaban J connectivity index is 0.000000201. The van der Waals surface area contributed by atoms with E-state index in [-0.39, 0.29) is 29.2 Å². The number of aryl methyl sites for hydroxylation is 3. The van der Waals surface area contributed by atoms with Gasteiger partial charge in [-0.25, -0.2) is 43.2 Å². The highest BCUT2D eigenvalue weighted by atomic mass is 35.7. The molecule has 0 atom stereocenters. The lowest BCUT2D eigenvalue weighted by atomic mass is 9.93. The Morgan fingerprint density at radius 3 is 1.47 bits per heavy atom. The Labute approximate surface area is 439 Å². The number of pyridine rings is 2. The van der Waals surface area contributed by atoms with E-state index in [1.165, 1.54) is 73.3 Å². The third kappa shape index (κ3) is 17.5. The number of anilines is 1. The maximum Gasteiger partial charge on any atom is 0.264 e. The molecule has 0 unspecified atom stereocenters. The molecule has 3 aliphatic rings. The van der Waals surface area contributed by atoms with Crippen LogP contribution < -0.4 is 4.31 Å². The molecule has 11 nitrogen and oxygen atoms in total. The molecule has 0 N–H and O–H groups in total. The molecule has 0 spiro atoms. The average molecular weight is 1100 g/mol. The fourth-order valence-corrected chi connectivity index (χ4v) is 10.4. The van der Waals surface area contributed by atoms with E-state index in [1.807, 2.05) is 6.07 Å². The van der Waals surface area contributed by atoms with E-state index in [1.54, 1.807) is 6.20 Å². The van der Waals surface area contributed by atoms with Crippen LogP contribution >= 0.6 is 10.7 Å². The molecule has 75 heavy (non-hydrogen) atoms. The molecule has 1 fully saturated rings. The molecular weight excluding hydrogens is 1040 g/mol. The molecule has 9 rings (SSSR count). The first-order valence-electron chi connectivity index (χ1n) is 24.4. The van der Waals surface area contributed by atoms with E-state index in [0.29, 0.717) is 35.3 Å². The van der Waals surface area contributed by atoms with Crippen LogP contribution in [0.2, 0.25) is 0 Å². The topological polar surface area (TPSA) is 144 Å². The minimum Gasteiger partial charge on any atom is -0.381 e. The van der Waals surface area contributed by atoms with Crippen molar-refractivity contribution in [3.05, 3.63) is 184 Å². The summed E-state index contributed by atoms with van der Waals surface area (Å²) >= 11 is 0. The van der Waals surface area contributed by atoms with Crippen molar-refractivity contribution < 1.29 is 57.5 Å². The number of nitrogens with zero attached hydrogens (tertiary/aromatic N) is 4. The van der Waals surface area contributed by atoms with Gasteiger partial charge in [0.1, 0.15) is 34.9 Å². The van der Waals surface area contributed by atoms with Gasteiger partial charge in [-0.05, 0) is 167 Å². The number of ketones is 2. The lowest BCUT2D eigenvalue weighted by Crippen LogP contribution is -2.36. The maximum absolute atomic E-state index is 13.9. The smallest absolute Gasteiger partial charge is 0.264 e. The van der Waals surface area contributed by atoms with Gasteiger partial charge in [0.25, 0.3) is 19.1 Å². The Morgan fingerprint density at radius 2 is 1.03 bits per heavy atom.